The van der Waals surface area contributed by atoms with Crippen molar-refractivity contribution in [2.45, 2.75) is 46.5 Å². The SMILES string of the molecule is C=CC1=C(C)CCCC1.CC. The van der Waals surface area contributed by atoms with Crippen molar-refractivity contribution in [3.05, 3.63) is 23.8 Å². The van der Waals surface area contributed by atoms with Crippen LogP contribution in [0.15, 0.2) is 23.8 Å². The Hall–Kier alpha value is -0.520. The molecule has 0 amide bonds. The largest absolute Gasteiger partial charge is 0.0988 e. The Morgan fingerprint density at radius 3 is 2.09 bits per heavy atom. The third-order valence-electron chi connectivity index (χ3n) is 2.04. The third-order valence-corrected chi connectivity index (χ3v) is 2.04. The molecule has 0 heterocycles. The average Bonchev–Trinajstić information content (AvgIpc) is 2.09. The van der Waals surface area contributed by atoms with E-state index < -0.39 is 0 Å². The maximum absolute atomic E-state index is 3.78. The Bertz CT molecular complexity index is 140. The minimum atomic E-state index is 1.26. The van der Waals surface area contributed by atoms with Crippen LogP contribution < -0.4 is 0 Å². The second-order valence-electron chi connectivity index (χ2n) is 2.72. The maximum Gasteiger partial charge on any atom is -0.0280 e. The second kappa shape index (κ2) is 6.21. The Morgan fingerprint density at radius 1 is 1.18 bits per heavy atom. The van der Waals surface area contributed by atoms with E-state index in [0.717, 1.165) is 0 Å². The van der Waals surface area contributed by atoms with Crippen LogP contribution in [0.1, 0.15) is 46.5 Å². The van der Waals surface area contributed by atoms with Crippen LogP contribution in [0.3, 0.4) is 0 Å². The molecule has 11 heavy (non-hydrogen) atoms. The molecule has 0 heteroatoms. The van der Waals surface area contributed by atoms with E-state index in [1.54, 1.807) is 5.57 Å². The summed E-state index contributed by atoms with van der Waals surface area (Å²) in [6.07, 6.45) is 7.30. The summed E-state index contributed by atoms with van der Waals surface area (Å²) in [5.74, 6) is 0. The fourth-order valence-corrected chi connectivity index (χ4v) is 1.36. The van der Waals surface area contributed by atoms with Crippen LogP contribution in [0.5, 0.6) is 0 Å². The zero-order valence-electron chi connectivity index (χ0n) is 8.11. The van der Waals surface area contributed by atoms with Gasteiger partial charge in [-0.3, -0.25) is 0 Å². The normalized spacial score (nSPS) is 17.0. The molecule has 0 bridgehead atoms. The highest BCUT2D eigenvalue weighted by atomic mass is 14.1. The molecule has 0 saturated heterocycles. The topological polar surface area (TPSA) is 0 Å². The van der Waals surface area contributed by atoms with Crippen LogP contribution >= 0.6 is 0 Å². The molecule has 0 fully saturated rings. The van der Waals surface area contributed by atoms with E-state index >= 15 is 0 Å². The molecule has 1 aliphatic carbocycles. The quantitative estimate of drug-likeness (QED) is 0.531. The molecule has 0 unspecified atom stereocenters. The van der Waals surface area contributed by atoms with Gasteiger partial charge in [-0.05, 0) is 38.2 Å². The van der Waals surface area contributed by atoms with Crippen molar-refractivity contribution < 1.29 is 0 Å². The van der Waals surface area contributed by atoms with Crippen molar-refractivity contribution in [2.75, 3.05) is 0 Å². The molecule has 0 N–H and O–H groups in total. The van der Waals surface area contributed by atoms with Crippen molar-refractivity contribution in [3.8, 4) is 0 Å². The Morgan fingerprint density at radius 2 is 1.73 bits per heavy atom. The monoisotopic (exact) mass is 152 g/mol. The van der Waals surface area contributed by atoms with Crippen LogP contribution in [0.2, 0.25) is 0 Å². The number of rotatable bonds is 1. The van der Waals surface area contributed by atoms with E-state index in [1.807, 2.05) is 19.9 Å². The predicted molar refractivity (Wildman–Crippen MR) is 52.7 cm³/mol. The van der Waals surface area contributed by atoms with E-state index in [-0.39, 0.29) is 0 Å². The van der Waals surface area contributed by atoms with Gasteiger partial charge in [0.05, 0.1) is 0 Å². The lowest BCUT2D eigenvalue weighted by atomic mass is 9.93. The summed E-state index contributed by atoms with van der Waals surface area (Å²) in [5, 5.41) is 0. The predicted octanol–water partition coefficient (Wildman–Crippen LogP) is 4.09. The van der Waals surface area contributed by atoms with Crippen LogP contribution in [0.4, 0.5) is 0 Å². The molecule has 0 atom stereocenters. The minimum Gasteiger partial charge on any atom is -0.0988 e. The van der Waals surface area contributed by atoms with E-state index in [1.165, 1.54) is 31.3 Å². The highest BCUT2D eigenvalue weighted by molar-refractivity contribution is 5.24. The van der Waals surface area contributed by atoms with Gasteiger partial charge in [-0.15, -0.1) is 0 Å². The molecular formula is C11H20. The van der Waals surface area contributed by atoms with Crippen molar-refractivity contribution in [1.82, 2.24) is 0 Å². The first-order valence-electron chi connectivity index (χ1n) is 4.65. The van der Waals surface area contributed by atoms with Crippen molar-refractivity contribution in [2.24, 2.45) is 0 Å². The minimum absolute atomic E-state index is 1.26. The molecule has 0 nitrogen and oxygen atoms in total. The first-order valence-corrected chi connectivity index (χ1v) is 4.65. The van der Waals surface area contributed by atoms with Gasteiger partial charge in [0.1, 0.15) is 0 Å². The van der Waals surface area contributed by atoms with Gasteiger partial charge in [0.2, 0.25) is 0 Å². The van der Waals surface area contributed by atoms with Gasteiger partial charge in [-0.1, -0.05) is 32.1 Å². The summed E-state index contributed by atoms with van der Waals surface area (Å²) in [6, 6.07) is 0. The molecular weight excluding hydrogens is 132 g/mol. The van der Waals surface area contributed by atoms with Crippen LogP contribution in [-0.2, 0) is 0 Å². The van der Waals surface area contributed by atoms with E-state index in [2.05, 4.69) is 13.5 Å². The summed E-state index contributed by atoms with van der Waals surface area (Å²) in [5.41, 5.74) is 3.04. The van der Waals surface area contributed by atoms with Gasteiger partial charge >= 0.3 is 0 Å². The van der Waals surface area contributed by atoms with Crippen molar-refractivity contribution in [1.29, 1.82) is 0 Å². The first-order chi connectivity index (χ1) is 5.34. The lowest BCUT2D eigenvalue weighted by Gasteiger charge is -2.13. The summed E-state index contributed by atoms with van der Waals surface area (Å²) in [7, 11) is 0. The molecule has 0 saturated carbocycles. The standard InChI is InChI=1S/C9H14.C2H6/c1-3-9-7-5-4-6-8(9)2;1-2/h3H,1,4-7H2,2H3;1-2H3. The molecule has 1 rings (SSSR count). The molecule has 0 aliphatic heterocycles. The highest BCUT2D eigenvalue weighted by Gasteiger charge is 2.04. The average molecular weight is 152 g/mol. The van der Waals surface area contributed by atoms with Gasteiger partial charge < -0.3 is 0 Å². The highest BCUT2D eigenvalue weighted by Crippen LogP contribution is 2.24. The van der Waals surface area contributed by atoms with E-state index in [4.69, 9.17) is 0 Å². The Kier molecular flexibility index (Phi) is 5.91. The lowest BCUT2D eigenvalue weighted by Crippen LogP contribution is -1.93. The zero-order chi connectivity index (χ0) is 8.69. The van der Waals surface area contributed by atoms with Crippen LogP contribution in [0.25, 0.3) is 0 Å². The molecule has 1 aliphatic rings. The van der Waals surface area contributed by atoms with Gasteiger partial charge in [-0.2, -0.15) is 0 Å². The van der Waals surface area contributed by atoms with Crippen LogP contribution in [0, 0.1) is 0 Å². The number of allylic oxidation sites excluding steroid dienone is 3. The summed E-state index contributed by atoms with van der Waals surface area (Å²) >= 11 is 0. The molecule has 0 spiro atoms. The second-order valence-corrected chi connectivity index (χ2v) is 2.72. The van der Waals surface area contributed by atoms with Crippen molar-refractivity contribution >= 4 is 0 Å². The number of hydrogen-bond donors (Lipinski definition) is 0. The molecule has 0 aromatic rings. The first kappa shape index (κ1) is 10.5. The smallest absolute Gasteiger partial charge is 0.0280 e. The van der Waals surface area contributed by atoms with E-state index in [0.29, 0.717) is 0 Å². The summed E-state index contributed by atoms with van der Waals surface area (Å²) in [4.78, 5) is 0. The Labute approximate surface area is 71.0 Å². The fraction of sp³-hybridized carbons (Fsp3) is 0.636. The molecule has 0 aromatic carbocycles. The van der Waals surface area contributed by atoms with Gasteiger partial charge in [0, 0.05) is 0 Å². The third kappa shape index (κ3) is 3.41. The molecule has 0 radical (unpaired) electrons. The Balaban J connectivity index is 0.000000461. The fourth-order valence-electron chi connectivity index (χ4n) is 1.36. The van der Waals surface area contributed by atoms with E-state index in [9.17, 15) is 0 Å². The van der Waals surface area contributed by atoms with Gasteiger partial charge in [-0.25, -0.2) is 0 Å². The summed E-state index contributed by atoms with van der Waals surface area (Å²) in [6.45, 7) is 10.00. The molecule has 0 aromatic heterocycles. The maximum atomic E-state index is 3.78. The van der Waals surface area contributed by atoms with Crippen molar-refractivity contribution in [3.63, 3.8) is 0 Å². The zero-order valence-corrected chi connectivity index (χ0v) is 8.11. The van der Waals surface area contributed by atoms with Gasteiger partial charge in [0.25, 0.3) is 0 Å². The van der Waals surface area contributed by atoms with Crippen LogP contribution in [-0.4, -0.2) is 0 Å². The molecule has 64 valence electrons. The summed E-state index contributed by atoms with van der Waals surface area (Å²) < 4.78 is 0. The number of hydrogen-bond acceptors (Lipinski definition) is 0. The van der Waals surface area contributed by atoms with Gasteiger partial charge in [0.15, 0.2) is 0 Å². The lowest BCUT2D eigenvalue weighted by molar-refractivity contribution is 0.683.